The lowest BCUT2D eigenvalue weighted by atomic mass is 10.3. The van der Waals surface area contributed by atoms with Crippen LogP contribution in [-0.4, -0.2) is 73.1 Å². The second kappa shape index (κ2) is 9.85. The first-order valence-corrected chi connectivity index (χ1v) is 6.43. The van der Waals surface area contributed by atoms with Crippen LogP contribution in [0.5, 0.6) is 0 Å². The molecule has 0 heterocycles. The topological polar surface area (TPSA) is 72.9 Å². The van der Waals surface area contributed by atoms with E-state index in [9.17, 15) is 9.59 Å². The van der Waals surface area contributed by atoms with E-state index in [0.29, 0.717) is 6.54 Å². The Balaban J connectivity index is 3.79. The quantitative estimate of drug-likeness (QED) is 0.446. The number of likely N-dealkylation sites (N-methyl/N-ethyl adjacent to an activating group) is 1. The molecule has 0 aromatic heterocycles. The molecule has 0 aromatic rings. The summed E-state index contributed by atoms with van der Waals surface area (Å²) in [6.45, 7) is 7.60. The van der Waals surface area contributed by atoms with Crippen molar-refractivity contribution in [2.45, 2.75) is 20.3 Å². The average Bonchev–Trinajstić information content (AvgIpc) is 2.38. The first-order chi connectivity index (χ1) is 8.56. The summed E-state index contributed by atoms with van der Waals surface area (Å²) in [6.07, 6.45) is 0.824. The van der Waals surface area contributed by atoms with Gasteiger partial charge in [0.25, 0.3) is 0 Å². The zero-order valence-electron chi connectivity index (χ0n) is 11.6. The summed E-state index contributed by atoms with van der Waals surface area (Å²) in [4.78, 5) is 26.4. The Kier molecular flexibility index (Phi) is 9.22. The van der Waals surface area contributed by atoms with Crippen LogP contribution in [0.2, 0.25) is 0 Å². The van der Waals surface area contributed by atoms with Crippen LogP contribution >= 0.6 is 0 Å². The van der Waals surface area contributed by atoms with Crippen LogP contribution in [-0.2, 0) is 9.59 Å². The van der Waals surface area contributed by atoms with Gasteiger partial charge in [0.05, 0.1) is 6.61 Å². The Morgan fingerprint density at radius 2 is 1.78 bits per heavy atom. The van der Waals surface area contributed by atoms with E-state index in [2.05, 4.69) is 24.1 Å². The molecule has 0 aliphatic heterocycles. The Labute approximate surface area is 109 Å². The van der Waals surface area contributed by atoms with E-state index in [1.54, 1.807) is 0 Å². The molecule has 6 nitrogen and oxygen atoms in total. The van der Waals surface area contributed by atoms with E-state index in [1.165, 1.54) is 11.9 Å². The highest BCUT2D eigenvalue weighted by Gasteiger charge is 2.17. The molecular formula is C12H25N3O3. The van der Waals surface area contributed by atoms with E-state index >= 15 is 0 Å². The number of amides is 2. The van der Waals surface area contributed by atoms with Crippen molar-refractivity contribution in [1.82, 2.24) is 15.1 Å². The molecule has 6 heteroatoms. The average molecular weight is 259 g/mol. The zero-order valence-corrected chi connectivity index (χ0v) is 11.6. The minimum absolute atomic E-state index is 0.141. The molecule has 0 radical (unpaired) electrons. The highest BCUT2D eigenvalue weighted by atomic mass is 16.3. The third-order valence-corrected chi connectivity index (χ3v) is 2.81. The molecule has 2 N–H and O–H groups in total. The summed E-state index contributed by atoms with van der Waals surface area (Å²) < 4.78 is 0. The van der Waals surface area contributed by atoms with Gasteiger partial charge in [0.15, 0.2) is 0 Å². The maximum absolute atomic E-state index is 11.5. The van der Waals surface area contributed by atoms with Crippen molar-refractivity contribution in [2.24, 2.45) is 0 Å². The van der Waals surface area contributed by atoms with Crippen LogP contribution in [0.3, 0.4) is 0 Å². The number of nitrogens with zero attached hydrogens (tertiary/aromatic N) is 2. The maximum Gasteiger partial charge on any atom is 0.311 e. The predicted octanol–water partition coefficient (Wildman–Crippen LogP) is -0.715. The van der Waals surface area contributed by atoms with Crippen molar-refractivity contribution in [1.29, 1.82) is 0 Å². The number of hydrogen-bond acceptors (Lipinski definition) is 4. The molecule has 0 fully saturated rings. The minimum atomic E-state index is -0.606. The Morgan fingerprint density at radius 1 is 1.17 bits per heavy atom. The first kappa shape index (κ1) is 16.9. The number of carbonyl (C=O) groups is 2. The van der Waals surface area contributed by atoms with E-state index in [1.807, 2.05) is 0 Å². The van der Waals surface area contributed by atoms with Crippen LogP contribution in [0.15, 0.2) is 0 Å². The molecule has 0 saturated heterocycles. The lowest BCUT2D eigenvalue weighted by molar-refractivity contribution is -0.145. The molecular weight excluding hydrogens is 234 g/mol. The molecule has 0 aliphatic rings. The van der Waals surface area contributed by atoms with Crippen LogP contribution in [0.1, 0.15) is 20.3 Å². The van der Waals surface area contributed by atoms with Crippen LogP contribution < -0.4 is 5.32 Å². The number of aliphatic hydroxyl groups excluding tert-OH is 1. The summed E-state index contributed by atoms with van der Waals surface area (Å²) in [5.41, 5.74) is 0. The lowest BCUT2D eigenvalue weighted by Crippen LogP contribution is -2.42. The third kappa shape index (κ3) is 6.56. The Bertz CT molecular complexity index is 255. The standard InChI is InChI=1S/C12H25N3O3/c1-4-15(5-2)8-6-7-13-11(17)12(18)14(3)9-10-16/h16H,4-10H2,1-3H3,(H,13,17). The van der Waals surface area contributed by atoms with Gasteiger partial charge in [-0.25, -0.2) is 0 Å². The smallest absolute Gasteiger partial charge is 0.311 e. The van der Waals surface area contributed by atoms with Crippen LogP contribution in [0, 0.1) is 0 Å². The molecule has 0 rings (SSSR count). The van der Waals surface area contributed by atoms with Crippen LogP contribution in [0.25, 0.3) is 0 Å². The van der Waals surface area contributed by atoms with Gasteiger partial charge in [0, 0.05) is 20.1 Å². The lowest BCUT2D eigenvalue weighted by Gasteiger charge is -2.18. The molecule has 2 amide bonds. The second-order valence-corrected chi connectivity index (χ2v) is 4.09. The fourth-order valence-electron chi connectivity index (χ4n) is 1.54. The molecule has 0 aliphatic carbocycles. The van der Waals surface area contributed by atoms with E-state index in [4.69, 9.17) is 5.11 Å². The molecule has 106 valence electrons. The number of hydrogen-bond donors (Lipinski definition) is 2. The van der Waals surface area contributed by atoms with E-state index < -0.39 is 11.8 Å². The summed E-state index contributed by atoms with van der Waals surface area (Å²) in [5, 5.41) is 11.3. The van der Waals surface area contributed by atoms with Gasteiger partial charge in [-0.2, -0.15) is 0 Å². The van der Waals surface area contributed by atoms with Crippen LogP contribution in [0.4, 0.5) is 0 Å². The monoisotopic (exact) mass is 259 g/mol. The Morgan fingerprint density at radius 3 is 2.28 bits per heavy atom. The summed E-state index contributed by atoms with van der Waals surface area (Å²) >= 11 is 0. The fourth-order valence-corrected chi connectivity index (χ4v) is 1.54. The van der Waals surface area contributed by atoms with Crippen molar-refractivity contribution in [2.75, 3.05) is 46.4 Å². The first-order valence-electron chi connectivity index (χ1n) is 6.43. The highest BCUT2D eigenvalue weighted by molar-refractivity contribution is 6.34. The normalized spacial score (nSPS) is 10.5. The Hall–Kier alpha value is -1.14. The van der Waals surface area contributed by atoms with Gasteiger partial charge >= 0.3 is 11.8 Å². The number of rotatable bonds is 8. The molecule has 0 aromatic carbocycles. The molecule has 0 bridgehead atoms. The number of aliphatic hydroxyl groups is 1. The van der Waals surface area contributed by atoms with Crippen molar-refractivity contribution >= 4 is 11.8 Å². The maximum atomic E-state index is 11.5. The molecule has 0 atom stereocenters. The molecule has 0 saturated carbocycles. The van der Waals surface area contributed by atoms with Gasteiger partial charge in [-0.3, -0.25) is 9.59 Å². The van der Waals surface area contributed by atoms with Gasteiger partial charge in [-0.1, -0.05) is 13.8 Å². The molecule has 0 spiro atoms. The minimum Gasteiger partial charge on any atom is -0.395 e. The molecule has 18 heavy (non-hydrogen) atoms. The van der Waals surface area contributed by atoms with Gasteiger partial charge in [0.1, 0.15) is 0 Å². The third-order valence-electron chi connectivity index (χ3n) is 2.81. The largest absolute Gasteiger partial charge is 0.395 e. The number of carbonyl (C=O) groups excluding carboxylic acids is 2. The second-order valence-electron chi connectivity index (χ2n) is 4.09. The van der Waals surface area contributed by atoms with E-state index in [0.717, 1.165) is 26.1 Å². The SMILES string of the molecule is CCN(CC)CCCNC(=O)C(=O)N(C)CCO. The highest BCUT2D eigenvalue weighted by Crippen LogP contribution is 1.90. The van der Waals surface area contributed by atoms with Crippen molar-refractivity contribution in [3.63, 3.8) is 0 Å². The van der Waals surface area contributed by atoms with Crippen molar-refractivity contribution in [3.05, 3.63) is 0 Å². The number of nitrogens with one attached hydrogen (secondary N) is 1. The van der Waals surface area contributed by atoms with Gasteiger partial charge < -0.3 is 20.2 Å². The zero-order chi connectivity index (χ0) is 14.0. The molecule has 0 unspecified atom stereocenters. The summed E-state index contributed by atoms with van der Waals surface area (Å²) in [6, 6.07) is 0. The van der Waals surface area contributed by atoms with Gasteiger partial charge in [0.2, 0.25) is 0 Å². The predicted molar refractivity (Wildman–Crippen MR) is 70.1 cm³/mol. The van der Waals surface area contributed by atoms with Gasteiger partial charge in [-0.05, 0) is 26.1 Å². The van der Waals surface area contributed by atoms with Gasteiger partial charge in [-0.15, -0.1) is 0 Å². The van der Waals surface area contributed by atoms with E-state index in [-0.39, 0.29) is 13.2 Å². The fraction of sp³-hybridized carbons (Fsp3) is 0.833. The van der Waals surface area contributed by atoms with Crippen molar-refractivity contribution < 1.29 is 14.7 Å². The van der Waals surface area contributed by atoms with Crippen molar-refractivity contribution in [3.8, 4) is 0 Å². The summed E-state index contributed by atoms with van der Waals surface area (Å²) in [5.74, 6) is -1.21. The summed E-state index contributed by atoms with van der Waals surface area (Å²) in [7, 11) is 1.49.